The molecule has 3 aromatic rings. The Balaban J connectivity index is 0.000000390. The normalized spacial score (nSPS) is 9.87. The molecule has 5 nitrogen and oxygen atoms in total. The minimum Gasteiger partial charge on any atom is -0.382 e. The molecule has 0 aliphatic carbocycles. The Morgan fingerprint density at radius 1 is 1.22 bits per heavy atom. The molecular formula is C16H20ClFN4O. The van der Waals surface area contributed by atoms with Gasteiger partial charge in [-0.2, -0.15) is 5.10 Å². The van der Waals surface area contributed by atoms with Gasteiger partial charge < -0.3 is 10.5 Å². The zero-order chi connectivity index (χ0) is 15.9. The SMILES string of the molecule is CCOCC.Cl.Nc1[nH]nc(-c2ccc3ncccc3c2)c1F. The molecule has 124 valence electrons. The number of aromatic nitrogens is 3. The van der Waals surface area contributed by atoms with Gasteiger partial charge in [0.2, 0.25) is 0 Å². The molecule has 2 heterocycles. The molecule has 0 aliphatic rings. The summed E-state index contributed by atoms with van der Waals surface area (Å²) >= 11 is 0. The first kappa shape index (κ1) is 18.9. The second-order valence-electron chi connectivity index (χ2n) is 4.49. The van der Waals surface area contributed by atoms with E-state index in [2.05, 4.69) is 15.2 Å². The first-order valence-electron chi connectivity index (χ1n) is 7.09. The molecule has 23 heavy (non-hydrogen) atoms. The molecule has 0 atom stereocenters. The lowest BCUT2D eigenvalue weighted by molar-refractivity contribution is 0.162. The first-order valence-corrected chi connectivity index (χ1v) is 7.09. The second kappa shape index (κ2) is 9.07. The van der Waals surface area contributed by atoms with Gasteiger partial charge in [-0.25, -0.2) is 4.39 Å². The molecule has 1 aromatic carbocycles. The second-order valence-corrected chi connectivity index (χ2v) is 4.49. The molecule has 2 aromatic heterocycles. The van der Waals surface area contributed by atoms with Gasteiger partial charge in [-0.05, 0) is 32.0 Å². The van der Waals surface area contributed by atoms with E-state index < -0.39 is 5.82 Å². The summed E-state index contributed by atoms with van der Waals surface area (Å²) < 4.78 is 18.4. The molecule has 0 unspecified atom stereocenters. The maximum atomic E-state index is 13.6. The number of nitrogens with zero attached hydrogens (tertiary/aromatic N) is 2. The van der Waals surface area contributed by atoms with Crippen molar-refractivity contribution in [2.24, 2.45) is 0 Å². The van der Waals surface area contributed by atoms with Crippen LogP contribution in [0, 0.1) is 5.82 Å². The van der Waals surface area contributed by atoms with Crippen LogP contribution in [0.15, 0.2) is 36.5 Å². The highest BCUT2D eigenvalue weighted by Crippen LogP contribution is 2.26. The summed E-state index contributed by atoms with van der Waals surface area (Å²) in [6.45, 7) is 5.67. The smallest absolute Gasteiger partial charge is 0.192 e. The van der Waals surface area contributed by atoms with Crippen LogP contribution < -0.4 is 5.73 Å². The molecular weight excluding hydrogens is 319 g/mol. The minimum absolute atomic E-state index is 0. The summed E-state index contributed by atoms with van der Waals surface area (Å²) in [4.78, 5) is 4.20. The highest BCUT2D eigenvalue weighted by molar-refractivity contribution is 5.85. The van der Waals surface area contributed by atoms with E-state index in [0.29, 0.717) is 5.56 Å². The summed E-state index contributed by atoms with van der Waals surface area (Å²) in [5.74, 6) is -0.570. The summed E-state index contributed by atoms with van der Waals surface area (Å²) in [5, 5.41) is 7.20. The Bertz CT molecular complexity index is 746. The van der Waals surface area contributed by atoms with E-state index in [1.807, 2.05) is 38.1 Å². The number of nitrogens with one attached hydrogen (secondary N) is 1. The maximum absolute atomic E-state index is 13.6. The number of aromatic amines is 1. The number of anilines is 1. The van der Waals surface area contributed by atoms with E-state index in [9.17, 15) is 4.39 Å². The van der Waals surface area contributed by atoms with E-state index in [0.717, 1.165) is 24.1 Å². The number of pyridine rings is 1. The van der Waals surface area contributed by atoms with Gasteiger partial charge in [-0.3, -0.25) is 10.1 Å². The zero-order valence-corrected chi connectivity index (χ0v) is 13.9. The highest BCUT2D eigenvalue weighted by Gasteiger charge is 2.12. The third-order valence-corrected chi connectivity index (χ3v) is 3.02. The van der Waals surface area contributed by atoms with Crippen LogP contribution >= 0.6 is 12.4 Å². The Hall–Kier alpha value is -2.18. The number of benzene rings is 1. The number of hydrogen-bond donors (Lipinski definition) is 2. The van der Waals surface area contributed by atoms with Crippen molar-refractivity contribution < 1.29 is 9.13 Å². The van der Waals surface area contributed by atoms with Crippen molar-refractivity contribution in [1.29, 1.82) is 0 Å². The van der Waals surface area contributed by atoms with Gasteiger partial charge in [0, 0.05) is 30.4 Å². The average molecular weight is 339 g/mol. The number of H-pyrrole nitrogens is 1. The highest BCUT2D eigenvalue weighted by atomic mass is 35.5. The number of hydrogen-bond acceptors (Lipinski definition) is 4. The van der Waals surface area contributed by atoms with Crippen LogP contribution in [0.1, 0.15) is 13.8 Å². The van der Waals surface area contributed by atoms with Gasteiger partial charge in [0.25, 0.3) is 0 Å². The van der Waals surface area contributed by atoms with Gasteiger partial charge >= 0.3 is 0 Å². The Morgan fingerprint density at radius 2 is 1.96 bits per heavy atom. The van der Waals surface area contributed by atoms with Crippen LogP contribution in [0.3, 0.4) is 0 Å². The summed E-state index contributed by atoms with van der Waals surface area (Å²) in [5.41, 5.74) is 7.15. The first-order chi connectivity index (χ1) is 10.7. The van der Waals surface area contributed by atoms with Crippen molar-refractivity contribution in [2.45, 2.75) is 13.8 Å². The Kier molecular flexibility index (Phi) is 7.44. The largest absolute Gasteiger partial charge is 0.382 e. The standard InChI is InChI=1S/C12H9FN4.C4H10O.ClH/c13-10-11(16-17-12(10)14)8-3-4-9-7(6-8)2-1-5-15-9;1-3-5-4-2;/h1-6H,(H3,14,16,17);3-4H2,1-2H3;1H. The number of rotatable bonds is 3. The van der Waals surface area contributed by atoms with Gasteiger partial charge in [0.15, 0.2) is 11.6 Å². The van der Waals surface area contributed by atoms with Crippen LogP contribution in [-0.2, 0) is 4.74 Å². The fraction of sp³-hybridized carbons (Fsp3) is 0.250. The molecule has 0 bridgehead atoms. The van der Waals surface area contributed by atoms with Crippen LogP contribution in [0.5, 0.6) is 0 Å². The van der Waals surface area contributed by atoms with E-state index >= 15 is 0 Å². The lowest BCUT2D eigenvalue weighted by Crippen LogP contribution is -1.87. The topological polar surface area (TPSA) is 76.8 Å². The fourth-order valence-corrected chi connectivity index (χ4v) is 1.96. The lowest BCUT2D eigenvalue weighted by atomic mass is 10.1. The minimum atomic E-state index is -0.520. The third kappa shape index (κ3) is 4.64. The maximum Gasteiger partial charge on any atom is 0.192 e. The number of nitrogens with two attached hydrogens (primary N) is 1. The van der Waals surface area contributed by atoms with Crippen molar-refractivity contribution >= 4 is 29.1 Å². The summed E-state index contributed by atoms with van der Waals surface area (Å²) in [6, 6.07) is 9.19. The monoisotopic (exact) mass is 338 g/mol. The summed E-state index contributed by atoms with van der Waals surface area (Å²) in [6.07, 6.45) is 1.72. The molecule has 0 aliphatic heterocycles. The van der Waals surface area contributed by atoms with Crippen molar-refractivity contribution in [2.75, 3.05) is 18.9 Å². The van der Waals surface area contributed by atoms with Gasteiger partial charge in [0.05, 0.1) is 5.52 Å². The van der Waals surface area contributed by atoms with E-state index in [1.54, 1.807) is 12.3 Å². The van der Waals surface area contributed by atoms with Crippen molar-refractivity contribution in [3.63, 3.8) is 0 Å². The average Bonchev–Trinajstić information content (AvgIpc) is 2.88. The Morgan fingerprint density at radius 3 is 2.52 bits per heavy atom. The van der Waals surface area contributed by atoms with Crippen LogP contribution in [-0.4, -0.2) is 28.4 Å². The molecule has 3 N–H and O–H groups in total. The zero-order valence-electron chi connectivity index (χ0n) is 13.0. The van der Waals surface area contributed by atoms with Crippen LogP contribution in [0.2, 0.25) is 0 Å². The van der Waals surface area contributed by atoms with Crippen LogP contribution in [0.4, 0.5) is 10.2 Å². The van der Waals surface area contributed by atoms with Gasteiger partial charge in [-0.15, -0.1) is 12.4 Å². The molecule has 0 radical (unpaired) electrons. The molecule has 0 saturated heterocycles. The van der Waals surface area contributed by atoms with Gasteiger partial charge in [0.1, 0.15) is 5.69 Å². The number of ether oxygens (including phenoxy) is 1. The number of halogens is 2. The van der Waals surface area contributed by atoms with Crippen molar-refractivity contribution in [1.82, 2.24) is 15.2 Å². The van der Waals surface area contributed by atoms with E-state index in [1.165, 1.54) is 0 Å². The number of fused-ring (bicyclic) bond motifs is 1. The Labute approximate surface area is 140 Å². The molecule has 7 heteroatoms. The number of nitrogen functional groups attached to an aromatic ring is 1. The molecule has 3 rings (SSSR count). The predicted molar refractivity (Wildman–Crippen MR) is 93.1 cm³/mol. The van der Waals surface area contributed by atoms with Crippen molar-refractivity contribution in [3.05, 3.63) is 42.3 Å². The van der Waals surface area contributed by atoms with E-state index in [-0.39, 0.29) is 23.9 Å². The van der Waals surface area contributed by atoms with Crippen LogP contribution in [0.25, 0.3) is 22.2 Å². The third-order valence-electron chi connectivity index (χ3n) is 3.02. The summed E-state index contributed by atoms with van der Waals surface area (Å²) in [7, 11) is 0. The lowest BCUT2D eigenvalue weighted by Gasteiger charge is -2.00. The molecule has 0 fully saturated rings. The molecule has 0 amide bonds. The predicted octanol–water partition coefficient (Wildman–Crippen LogP) is 3.81. The molecule has 0 spiro atoms. The van der Waals surface area contributed by atoms with Gasteiger partial charge in [-0.1, -0.05) is 12.1 Å². The van der Waals surface area contributed by atoms with Crippen molar-refractivity contribution in [3.8, 4) is 11.3 Å². The fourth-order valence-electron chi connectivity index (χ4n) is 1.96. The molecule has 0 saturated carbocycles. The van der Waals surface area contributed by atoms with E-state index in [4.69, 9.17) is 10.5 Å². The quantitative estimate of drug-likeness (QED) is 0.761.